The summed E-state index contributed by atoms with van der Waals surface area (Å²) in [6.07, 6.45) is -0.501. The summed E-state index contributed by atoms with van der Waals surface area (Å²) in [5.41, 5.74) is 6.20. The third-order valence-electron chi connectivity index (χ3n) is 3.33. The van der Waals surface area contributed by atoms with Gasteiger partial charge in [0.25, 0.3) is 0 Å². The third kappa shape index (κ3) is 3.94. The molecule has 0 unspecified atom stereocenters. The molecular formula is C16H17N5O2S2. The zero-order valence-electron chi connectivity index (χ0n) is 14.0. The summed E-state index contributed by atoms with van der Waals surface area (Å²) in [4.78, 5) is 16.1. The van der Waals surface area contributed by atoms with Gasteiger partial charge < -0.3 is 4.74 Å². The van der Waals surface area contributed by atoms with Gasteiger partial charge in [-0.25, -0.2) is 9.78 Å². The number of fused-ring (bicyclic) bond motifs is 1. The van der Waals surface area contributed by atoms with Crippen LogP contribution in [-0.4, -0.2) is 27.8 Å². The average molecular weight is 375 g/mol. The van der Waals surface area contributed by atoms with Crippen LogP contribution in [0.4, 0.5) is 14.9 Å². The van der Waals surface area contributed by atoms with Crippen molar-refractivity contribution in [1.29, 1.82) is 0 Å². The number of nitrogens with one attached hydrogen (secondary N) is 2. The molecule has 0 radical (unpaired) electrons. The van der Waals surface area contributed by atoms with E-state index in [1.807, 2.05) is 38.1 Å². The first-order valence-electron chi connectivity index (χ1n) is 7.64. The number of carbonyl (C=O) groups is 1. The number of nitrogens with zero attached hydrogens (tertiary/aromatic N) is 3. The van der Waals surface area contributed by atoms with Gasteiger partial charge in [-0.15, -0.1) is 0 Å². The molecule has 0 aliphatic heterocycles. The Balaban J connectivity index is 1.79. The Morgan fingerprint density at radius 1 is 1.36 bits per heavy atom. The maximum Gasteiger partial charge on any atom is 0.412 e. The van der Waals surface area contributed by atoms with Crippen LogP contribution in [0, 0.1) is 6.92 Å². The highest BCUT2D eigenvalue weighted by molar-refractivity contribution is 7.22. The van der Waals surface area contributed by atoms with E-state index in [2.05, 4.69) is 25.2 Å². The van der Waals surface area contributed by atoms with Gasteiger partial charge in [0.1, 0.15) is 5.00 Å². The van der Waals surface area contributed by atoms with Crippen LogP contribution in [0.25, 0.3) is 10.2 Å². The predicted molar refractivity (Wildman–Crippen MR) is 103 cm³/mol. The fraction of sp³-hybridized carbons (Fsp3) is 0.250. The second kappa shape index (κ2) is 7.58. The minimum Gasteiger partial charge on any atom is -0.450 e. The molecule has 130 valence electrons. The Labute approximate surface area is 152 Å². The molecule has 9 heteroatoms. The number of thiazole rings is 1. The minimum atomic E-state index is -0.501. The number of para-hydroxylation sites is 1. The number of rotatable bonds is 5. The highest BCUT2D eigenvalue weighted by Gasteiger charge is 2.16. The van der Waals surface area contributed by atoms with Crippen molar-refractivity contribution in [2.24, 2.45) is 5.10 Å². The Hall–Kier alpha value is -2.52. The predicted octanol–water partition coefficient (Wildman–Crippen LogP) is 4.47. The molecular weight excluding hydrogens is 358 g/mol. The molecule has 2 heterocycles. The van der Waals surface area contributed by atoms with Crippen molar-refractivity contribution in [3.8, 4) is 0 Å². The number of anilines is 2. The normalized spacial score (nSPS) is 11.6. The van der Waals surface area contributed by atoms with Gasteiger partial charge in [-0.05, 0) is 44.4 Å². The van der Waals surface area contributed by atoms with Crippen LogP contribution in [0.15, 0.2) is 29.4 Å². The summed E-state index contributed by atoms with van der Waals surface area (Å²) < 4.78 is 10.3. The van der Waals surface area contributed by atoms with Crippen LogP contribution in [0.3, 0.4) is 0 Å². The number of hydrogen-bond donors (Lipinski definition) is 2. The second-order valence-electron chi connectivity index (χ2n) is 5.11. The molecule has 25 heavy (non-hydrogen) atoms. The topological polar surface area (TPSA) is 88.5 Å². The first-order valence-corrected chi connectivity index (χ1v) is 9.23. The number of aromatic nitrogens is 2. The minimum absolute atomic E-state index is 0.311. The Bertz CT molecular complexity index is 899. The molecule has 1 amide bonds. The molecule has 0 bridgehead atoms. The summed E-state index contributed by atoms with van der Waals surface area (Å²) in [6.45, 7) is 5.80. The number of hydrogen-bond acceptors (Lipinski definition) is 8. The summed E-state index contributed by atoms with van der Waals surface area (Å²) in [7, 11) is 0. The maximum absolute atomic E-state index is 11.7. The van der Waals surface area contributed by atoms with Crippen molar-refractivity contribution in [2.75, 3.05) is 17.3 Å². The van der Waals surface area contributed by atoms with Crippen molar-refractivity contribution in [3.05, 3.63) is 35.5 Å². The fourth-order valence-electron chi connectivity index (χ4n) is 2.25. The molecule has 0 spiro atoms. The number of ether oxygens (including phenoxy) is 1. The molecule has 7 nitrogen and oxygen atoms in total. The van der Waals surface area contributed by atoms with Gasteiger partial charge in [0.05, 0.1) is 33.8 Å². The zero-order chi connectivity index (χ0) is 17.8. The number of benzene rings is 1. The maximum atomic E-state index is 11.7. The molecule has 0 aliphatic carbocycles. The Morgan fingerprint density at radius 3 is 2.92 bits per heavy atom. The summed E-state index contributed by atoms with van der Waals surface area (Å²) in [5.74, 6) is 0. The fourth-order valence-corrected chi connectivity index (χ4v) is 3.89. The molecule has 2 aromatic heterocycles. The molecule has 1 aromatic carbocycles. The van der Waals surface area contributed by atoms with Crippen LogP contribution in [-0.2, 0) is 4.74 Å². The van der Waals surface area contributed by atoms with E-state index in [1.54, 1.807) is 6.92 Å². The zero-order valence-corrected chi connectivity index (χ0v) is 15.6. The Morgan fingerprint density at radius 2 is 2.16 bits per heavy atom. The number of carbonyl (C=O) groups excluding carboxylic acids is 1. The summed E-state index contributed by atoms with van der Waals surface area (Å²) in [5, 5.41) is 8.43. The first-order chi connectivity index (χ1) is 12.1. The molecule has 0 fully saturated rings. The first kappa shape index (κ1) is 17.3. The van der Waals surface area contributed by atoms with Crippen molar-refractivity contribution < 1.29 is 9.53 Å². The molecule has 3 aromatic rings. The van der Waals surface area contributed by atoms with Gasteiger partial charge in [0, 0.05) is 0 Å². The SMILES string of the molecule is CCOC(=O)Nc1snc(C)c1/C(C)=N/Nc1nc2ccccc2s1. The third-order valence-corrected chi connectivity index (χ3v) is 5.12. The van der Waals surface area contributed by atoms with Crippen molar-refractivity contribution in [2.45, 2.75) is 20.8 Å². The van der Waals surface area contributed by atoms with Gasteiger partial charge in [-0.2, -0.15) is 9.47 Å². The molecule has 3 rings (SSSR count). The quantitative estimate of drug-likeness (QED) is 0.507. The van der Waals surface area contributed by atoms with Crippen molar-refractivity contribution in [1.82, 2.24) is 9.36 Å². The van der Waals surface area contributed by atoms with Gasteiger partial charge in [0.2, 0.25) is 5.13 Å². The second-order valence-corrected chi connectivity index (χ2v) is 6.92. The summed E-state index contributed by atoms with van der Waals surface area (Å²) >= 11 is 2.73. The van der Waals surface area contributed by atoms with Gasteiger partial charge >= 0.3 is 6.09 Å². The van der Waals surface area contributed by atoms with Gasteiger partial charge in [-0.1, -0.05) is 23.5 Å². The van der Waals surface area contributed by atoms with Crippen LogP contribution < -0.4 is 10.7 Å². The van der Waals surface area contributed by atoms with E-state index in [1.165, 1.54) is 22.9 Å². The smallest absolute Gasteiger partial charge is 0.412 e. The lowest BCUT2D eigenvalue weighted by Gasteiger charge is -2.06. The van der Waals surface area contributed by atoms with E-state index in [0.29, 0.717) is 22.5 Å². The molecule has 0 aliphatic rings. The number of hydrazone groups is 1. The monoisotopic (exact) mass is 375 g/mol. The van der Waals surface area contributed by atoms with Crippen LogP contribution in [0.1, 0.15) is 25.1 Å². The van der Waals surface area contributed by atoms with E-state index < -0.39 is 6.09 Å². The largest absolute Gasteiger partial charge is 0.450 e. The lowest BCUT2D eigenvalue weighted by atomic mass is 10.2. The molecule has 0 saturated carbocycles. The van der Waals surface area contributed by atoms with E-state index in [4.69, 9.17) is 4.74 Å². The van der Waals surface area contributed by atoms with E-state index in [9.17, 15) is 4.79 Å². The van der Waals surface area contributed by atoms with E-state index >= 15 is 0 Å². The van der Waals surface area contributed by atoms with Gasteiger partial charge in [-0.3, -0.25) is 10.7 Å². The van der Waals surface area contributed by atoms with Crippen LogP contribution in [0.5, 0.6) is 0 Å². The van der Waals surface area contributed by atoms with Crippen LogP contribution >= 0.6 is 22.9 Å². The Kier molecular flexibility index (Phi) is 5.25. The summed E-state index contributed by atoms with van der Waals surface area (Å²) in [6, 6.07) is 7.91. The lowest BCUT2D eigenvalue weighted by molar-refractivity contribution is 0.168. The highest BCUT2D eigenvalue weighted by Crippen LogP contribution is 2.27. The van der Waals surface area contributed by atoms with Crippen LogP contribution in [0.2, 0.25) is 0 Å². The standard InChI is InChI=1S/C16H17N5O2S2/c1-4-23-16(22)18-14-13(10(3)21-25-14)9(2)19-20-15-17-11-7-5-6-8-12(11)24-15/h5-8H,4H2,1-3H3,(H,17,20)(H,18,22)/b19-9+. The molecule has 0 saturated heterocycles. The molecule has 2 N–H and O–H groups in total. The van der Waals surface area contributed by atoms with Crippen molar-refractivity contribution in [3.63, 3.8) is 0 Å². The highest BCUT2D eigenvalue weighted by atomic mass is 32.1. The number of amides is 1. The lowest BCUT2D eigenvalue weighted by Crippen LogP contribution is -2.14. The van der Waals surface area contributed by atoms with Gasteiger partial charge in [0.15, 0.2) is 0 Å². The molecule has 0 atom stereocenters. The average Bonchev–Trinajstić information content (AvgIpc) is 3.16. The van der Waals surface area contributed by atoms with E-state index in [0.717, 1.165) is 21.5 Å². The van der Waals surface area contributed by atoms with Crippen molar-refractivity contribution >= 4 is 55.0 Å². The van der Waals surface area contributed by atoms with E-state index in [-0.39, 0.29) is 0 Å². The number of aryl methyl sites for hydroxylation is 1.